The van der Waals surface area contributed by atoms with Gasteiger partial charge in [0.05, 0.1) is 0 Å². The van der Waals surface area contributed by atoms with Crippen molar-refractivity contribution in [2.24, 2.45) is 5.41 Å². The van der Waals surface area contributed by atoms with Crippen LogP contribution in [0.25, 0.3) is 0 Å². The summed E-state index contributed by atoms with van der Waals surface area (Å²) in [4.78, 5) is 0. The van der Waals surface area contributed by atoms with Crippen LogP contribution in [-0.2, 0) is 0 Å². The summed E-state index contributed by atoms with van der Waals surface area (Å²) >= 11 is 5.91. The molecule has 0 saturated heterocycles. The molecule has 0 aromatic heterocycles. The highest BCUT2D eigenvalue weighted by Gasteiger charge is 2.46. The molecular formula is C11H13Cl. The second-order valence-electron chi connectivity index (χ2n) is 4.30. The van der Waals surface area contributed by atoms with E-state index < -0.39 is 0 Å². The first kappa shape index (κ1) is 8.12. The molecule has 0 heterocycles. The molecular weight excluding hydrogens is 168 g/mol. The summed E-state index contributed by atoms with van der Waals surface area (Å²) in [5.41, 5.74) is 1.90. The van der Waals surface area contributed by atoms with Crippen LogP contribution in [0, 0.1) is 5.41 Å². The van der Waals surface area contributed by atoms with Crippen LogP contribution in [-0.4, -0.2) is 0 Å². The molecule has 1 fully saturated rings. The molecule has 0 radical (unpaired) electrons. The summed E-state index contributed by atoms with van der Waals surface area (Å²) in [5.74, 6) is 0.733. The molecule has 1 saturated carbocycles. The lowest BCUT2D eigenvalue weighted by molar-refractivity contribution is 0.622. The summed E-state index contributed by atoms with van der Waals surface area (Å²) in [6, 6.07) is 8.22. The van der Waals surface area contributed by atoms with Crippen molar-refractivity contribution in [2.75, 3.05) is 0 Å². The average Bonchev–Trinajstić information content (AvgIpc) is 2.60. The van der Waals surface area contributed by atoms with Gasteiger partial charge in [0, 0.05) is 5.02 Å². The second-order valence-corrected chi connectivity index (χ2v) is 4.74. The van der Waals surface area contributed by atoms with Crippen molar-refractivity contribution in [1.29, 1.82) is 0 Å². The molecule has 64 valence electrons. The first-order chi connectivity index (χ1) is 5.59. The van der Waals surface area contributed by atoms with Crippen molar-refractivity contribution in [2.45, 2.75) is 26.2 Å². The minimum absolute atomic E-state index is 0.505. The maximum Gasteiger partial charge on any atom is 0.0408 e. The highest BCUT2D eigenvalue weighted by Crippen LogP contribution is 2.58. The predicted molar refractivity (Wildman–Crippen MR) is 52.6 cm³/mol. The Morgan fingerprint density at radius 1 is 1.42 bits per heavy atom. The molecule has 1 atom stereocenters. The molecule has 0 spiro atoms. The lowest BCUT2D eigenvalue weighted by atomic mass is 10.0. The van der Waals surface area contributed by atoms with Gasteiger partial charge in [-0.05, 0) is 35.4 Å². The van der Waals surface area contributed by atoms with Gasteiger partial charge in [0.1, 0.15) is 0 Å². The van der Waals surface area contributed by atoms with Crippen molar-refractivity contribution in [3.63, 3.8) is 0 Å². The molecule has 0 N–H and O–H groups in total. The molecule has 2 rings (SSSR count). The van der Waals surface area contributed by atoms with Crippen molar-refractivity contribution in [3.8, 4) is 0 Å². The molecule has 0 aliphatic heterocycles. The normalized spacial score (nSPS) is 25.4. The minimum atomic E-state index is 0.505. The topological polar surface area (TPSA) is 0 Å². The molecule has 0 bridgehead atoms. The Hall–Kier alpha value is -0.490. The second kappa shape index (κ2) is 2.50. The van der Waals surface area contributed by atoms with Crippen LogP contribution in [0.4, 0.5) is 0 Å². The van der Waals surface area contributed by atoms with Crippen LogP contribution < -0.4 is 0 Å². The van der Waals surface area contributed by atoms with E-state index in [9.17, 15) is 0 Å². The van der Waals surface area contributed by atoms with E-state index >= 15 is 0 Å². The third-order valence-corrected chi connectivity index (χ3v) is 3.00. The quantitative estimate of drug-likeness (QED) is 0.616. The van der Waals surface area contributed by atoms with Crippen LogP contribution in [0.1, 0.15) is 31.7 Å². The molecule has 1 aromatic rings. The van der Waals surface area contributed by atoms with E-state index in [1.165, 1.54) is 12.0 Å². The van der Waals surface area contributed by atoms with Crippen molar-refractivity contribution in [1.82, 2.24) is 0 Å². The highest BCUT2D eigenvalue weighted by atomic mass is 35.5. The summed E-state index contributed by atoms with van der Waals surface area (Å²) < 4.78 is 0. The Labute approximate surface area is 78.6 Å². The first-order valence-corrected chi connectivity index (χ1v) is 4.73. The van der Waals surface area contributed by atoms with Gasteiger partial charge in [-0.1, -0.05) is 37.6 Å². The van der Waals surface area contributed by atoms with Gasteiger partial charge in [-0.3, -0.25) is 0 Å². The van der Waals surface area contributed by atoms with Crippen LogP contribution in [0.15, 0.2) is 24.3 Å². The van der Waals surface area contributed by atoms with Gasteiger partial charge in [-0.2, -0.15) is 0 Å². The van der Waals surface area contributed by atoms with Crippen LogP contribution in [0.3, 0.4) is 0 Å². The molecule has 1 aromatic carbocycles. The van der Waals surface area contributed by atoms with Gasteiger partial charge in [0.25, 0.3) is 0 Å². The third kappa shape index (κ3) is 1.36. The van der Waals surface area contributed by atoms with Gasteiger partial charge < -0.3 is 0 Å². The summed E-state index contributed by atoms with van der Waals surface area (Å²) in [5, 5.41) is 0.857. The lowest BCUT2D eigenvalue weighted by Crippen LogP contribution is -1.88. The van der Waals surface area contributed by atoms with E-state index in [2.05, 4.69) is 26.0 Å². The van der Waals surface area contributed by atoms with Gasteiger partial charge >= 0.3 is 0 Å². The summed E-state index contributed by atoms with van der Waals surface area (Å²) in [7, 11) is 0. The molecule has 12 heavy (non-hydrogen) atoms. The smallest absolute Gasteiger partial charge is 0.0408 e. The number of halogens is 1. The first-order valence-electron chi connectivity index (χ1n) is 4.35. The Bertz CT molecular complexity index is 302. The SMILES string of the molecule is CC1(C)C[C@H]1c1cccc(Cl)c1. The Morgan fingerprint density at radius 3 is 2.58 bits per heavy atom. The Kier molecular flexibility index (Phi) is 1.69. The summed E-state index contributed by atoms with van der Waals surface area (Å²) in [6.07, 6.45) is 1.30. The lowest BCUT2D eigenvalue weighted by Gasteiger charge is -2.03. The fourth-order valence-corrected chi connectivity index (χ4v) is 1.96. The predicted octanol–water partition coefficient (Wildman–Crippen LogP) is 3.85. The maximum atomic E-state index is 5.91. The van der Waals surface area contributed by atoms with Crippen LogP contribution in [0.5, 0.6) is 0 Å². The number of benzene rings is 1. The van der Waals surface area contributed by atoms with Gasteiger partial charge in [-0.25, -0.2) is 0 Å². The van der Waals surface area contributed by atoms with E-state index in [4.69, 9.17) is 11.6 Å². The molecule has 0 nitrogen and oxygen atoms in total. The summed E-state index contributed by atoms with van der Waals surface area (Å²) in [6.45, 7) is 4.61. The van der Waals surface area contributed by atoms with Crippen molar-refractivity contribution >= 4 is 11.6 Å². The van der Waals surface area contributed by atoms with Crippen molar-refractivity contribution < 1.29 is 0 Å². The average molecular weight is 181 g/mol. The van der Waals surface area contributed by atoms with Gasteiger partial charge in [0.2, 0.25) is 0 Å². The third-order valence-electron chi connectivity index (χ3n) is 2.76. The van der Waals surface area contributed by atoms with E-state index in [0.717, 1.165) is 10.9 Å². The molecule has 0 unspecified atom stereocenters. The van der Waals surface area contributed by atoms with Crippen molar-refractivity contribution in [3.05, 3.63) is 34.9 Å². The van der Waals surface area contributed by atoms with E-state index in [1.807, 2.05) is 12.1 Å². The zero-order chi connectivity index (χ0) is 8.77. The van der Waals surface area contributed by atoms with E-state index in [0.29, 0.717) is 5.41 Å². The number of rotatable bonds is 1. The molecule has 1 heteroatoms. The molecule has 1 aliphatic rings. The van der Waals surface area contributed by atoms with E-state index in [1.54, 1.807) is 0 Å². The fourth-order valence-electron chi connectivity index (χ4n) is 1.76. The van der Waals surface area contributed by atoms with Gasteiger partial charge in [0.15, 0.2) is 0 Å². The zero-order valence-corrected chi connectivity index (χ0v) is 8.23. The van der Waals surface area contributed by atoms with Crippen LogP contribution in [0.2, 0.25) is 5.02 Å². The Morgan fingerprint density at radius 2 is 2.08 bits per heavy atom. The highest BCUT2D eigenvalue weighted by molar-refractivity contribution is 6.30. The standard InChI is InChI=1S/C11H13Cl/c1-11(2)7-10(11)8-4-3-5-9(12)6-8/h3-6,10H,7H2,1-2H3/t10-/m0/s1. The molecule has 1 aliphatic carbocycles. The van der Waals surface area contributed by atoms with E-state index in [-0.39, 0.29) is 0 Å². The monoisotopic (exact) mass is 180 g/mol. The molecule has 0 amide bonds. The van der Waals surface area contributed by atoms with Gasteiger partial charge in [-0.15, -0.1) is 0 Å². The Balaban J connectivity index is 2.26. The number of hydrogen-bond donors (Lipinski definition) is 0. The fraction of sp³-hybridized carbons (Fsp3) is 0.455. The van der Waals surface area contributed by atoms with Crippen LogP contribution >= 0.6 is 11.6 Å². The minimum Gasteiger partial charge on any atom is -0.0843 e. The largest absolute Gasteiger partial charge is 0.0843 e. The zero-order valence-electron chi connectivity index (χ0n) is 7.47. The maximum absolute atomic E-state index is 5.91. The number of hydrogen-bond acceptors (Lipinski definition) is 0.